The Kier molecular flexibility index (Phi) is 3.26. The molecule has 2 rings (SSSR count). The molecular formula is C10H13N5O3. The van der Waals surface area contributed by atoms with Crippen LogP contribution >= 0.6 is 0 Å². The van der Waals surface area contributed by atoms with Crippen molar-refractivity contribution in [3.05, 3.63) is 6.33 Å². The second kappa shape index (κ2) is 4.86. The Balaban J connectivity index is 2.15. The van der Waals surface area contributed by atoms with E-state index >= 15 is 0 Å². The quantitative estimate of drug-likeness (QED) is 0.600. The van der Waals surface area contributed by atoms with Crippen LogP contribution in [-0.2, 0) is 9.59 Å². The molecule has 0 fully saturated rings. The summed E-state index contributed by atoms with van der Waals surface area (Å²) in [5, 5.41) is 17.0. The number of carboxylic acid groups (broad SMARTS) is 1. The third-order valence-electron chi connectivity index (χ3n) is 2.47. The summed E-state index contributed by atoms with van der Waals surface area (Å²) >= 11 is 0. The first-order chi connectivity index (χ1) is 8.58. The summed E-state index contributed by atoms with van der Waals surface area (Å²) in [5.74, 6) is -0.149. The second-order valence-corrected chi connectivity index (χ2v) is 3.87. The zero-order valence-electron chi connectivity index (χ0n) is 9.73. The number of nitrogens with one attached hydrogen (secondary N) is 3. The van der Waals surface area contributed by atoms with Crippen molar-refractivity contribution in [2.45, 2.75) is 19.4 Å². The molecular weight excluding hydrogens is 238 g/mol. The molecule has 2 heterocycles. The number of nitrogens with zero attached hydrogens (tertiary/aromatic N) is 2. The van der Waals surface area contributed by atoms with Gasteiger partial charge >= 0.3 is 5.97 Å². The Labute approximate surface area is 103 Å². The molecule has 0 saturated heterocycles. The third kappa shape index (κ3) is 2.47. The average Bonchev–Trinajstić information content (AvgIpc) is 2.31. The van der Waals surface area contributed by atoms with Crippen molar-refractivity contribution in [3.8, 4) is 0 Å². The van der Waals surface area contributed by atoms with Crippen LogP contribution in [0.4, 0.5) is 17.3 Å². The Morgan fingerprint density at radius 3 is 3.06 bits per heavy atom. The molecule has 0 spiro atoms. The van der Waals surface area contributed by atoms with E-state index in [-0.39, 0.29) is 24.9 Å². The number of carboxylic acids is 1. The van der Waals surface area contributed by atoms with E-state index in [4.69, 9.17) is 5.11 Å². The Morgan fingerprint density at radius 2 is 2.33 bits per heavy atom. The first-order valence-electron chi connectivity index (χ1n) is 5.46. The molecule has 0 saturated carbocycles. The maximum atomic E-state index is 11.5. The first-order valence-corrected chi connectivity index (χ1v) is 5.46. The van der Waals surface area contributed by atoms with Crippen molar-refractivity contribution in [1.82, 2.24) is 9.97 Å². The van der Waals surface area contributed by atoms with Gasteiger partial charge in [-0.3, -0.25) is 9.59 Å². The highest BCUT2D eigenvalue weighted by molar-refractivity contribution is 6.04. The number of rotatable bonds is 4. The third-order valence-corrected chi connectivity index (χ3v) is 2.47. The summed E-state index contributed by atoms with van der Waals surface area (Å²) in [4.78, 5) is 30.0. The van der Waals surface area contributed by atoms with Gasteiger partial charge in [-0.15, -0.1) is 0 Å². The zero-order chi connectivity index (χ0) is 13.1. The first kappa shape index (κ1) is 12.1. The Morgan fingerprint density at radius 1 is 1.56 bits per heavy atom. The van der Waals surface area contributed by atoms with Crippen LogP contribution in [0.1, 0.15) is 13.3 Å². The minimum atomic E-state index is -0.902. The molecule has 0 bridgehead atoms. The summed E-state index contributed by atoms with van der Waals surface area (Å²) in [5.41, 5.74) is 0.450. The van der Waals surface area contributed by atoms with Crippen molar-refractivity contribution >= 4 is 29.2 Å². The van der Waals surface area contributed by atoms with Crippen LogP contribution in [0.3, 0.4) is 0 Å². The predicted octanol–water partition coefficient (Wildman–Crippen LogP) is 0.116. The number of aromatic nitrogens is 2. The van der Waals surface area contributed by atoms with Gasteiger partial charge in [0.25, 0.3) is 0 Å². The highest BCUT2D eigenvalue weighted by Gasteiger charge is 2.25. The summed E-state index contributed by atoms with van der Waals surface area (Å²) in [6.07, 6.45) is 1.32. The maximum absolute atomic E-state index is 11.5. The molecule has 0 radical (unpaired) electrons. The number of carbonyl (C=O) groups excluding carboxylic acids is 1. The van der Waals surface area contributed by atoms with Crippen molar-refractivity contribution in [1.29, 1.82) is 0 Å². The molecule has 96 valence electrons. The van der Waals surface area contributed by atoms with Gasteiger partial charge in [0.15, 0.2) is 11.6 Å². The highest BCUT2D eigenvalue weighted by Crippen LogP contribution is 2.29. The van der Waals surface area contributed by atoms with Crippen LogP contribution in [0, 0.1) is 0 Å². The molecule has 1 aliphatic heterocycles. The molecule has 0 aromatic carbocycles. The van der Waals surface area contributed by atoms with Crippen molar-refractivity contribution in [2.24, 2.45) is 0 Å². The fourth-order valence-corrected chi connectivity index (χ4v) is 1.54. The van der Waals surface area contributed by atoms with Gasteiger partial charge in [-0.05, 0) is 6.92 Å². The number of anilines is 3. The summed E-state index contributed by atoms with van der Waals surface area (Å²) < 4.78 is 0. The number of fused-ring (bicyclic) bond motifs is 1. The maximum Gasteiger partial charge on any atom is 0.305 e. The molecule has 1 aromatic heterocycles. The summed E-state index contributed by atoms with van der Waals surface area (Å²) in [7, 11) is 0. The minimum Gasteiger partial charge on any atom is -0.481 e. The SMILES string of the molecule is CC1Nc2ncnc(NCCC(=O)O)c2NC1=O. The summed E-state index contributed by atoms with van der Waals surface area (Å²) in [6, 6.07) is -0.362. The van der Waals surface area contributed by atoms with Crippen LogP contribution < -0.4 is 16.0 Å². The number of hydrogen-bond acceptors (Lipinski definition) is 6. The molecule has 1 aliphatic rings. The number of hydrogen-bond donors (Lipinski definition) is 4. The second-order valence-electron chi connectivity index (χ2n) is 3.87. The van der Waals surface area contributed by atoms with Gasteiger partial charge in [0.05, 0.1) is 6.42 Å². The minimum absolute atomic E-state index is 0.0312. The monoisotopic (exact) mass is 251 g/mol. The lowest BCUT2D eigenvalue weighted by Crippen LogP contribution is -2.37. The zero-order valence-corrected chi connectivity index (χ0v) is 9.73. The molecule has 1 amide bonds. The largest absolute Gasteiger partial charge is 0.481 e. The van der Waals surface area contributed by atoms with E-state index in [1.54, 1.807) is 6.92 Å². The van der Waals surface area contributed by atoms with E-state index < -0.39 is 5.97 Å². The Bertz CT molecular complexity index is 490. The van der Waals surface area contributed by atoms with Gasteiger partial charge in [0.1, 0.15) is 18.1 Å². The van der Waals surface area contributed by atoms with Gasteiger partial charge in [-0.1, -0.05) is 0 Å². The molecule has 1 atom stereocenters. The van der Waals surface area contributed by atoms with Crippen molar-refractivity contribution in [3.63, 3.8) is 0 Å². The molecule has 1 unspecified atom stereocenters. The molecule has 4 N–H and O–H groups in total. The number of aliphatic carboxylic acids is 1. The van der Waals surface area contributed by atoms with E-state index in [2.05, 4.69) is 25.9 Å². The van der Waals surface area contributed by atoms with Gasteiger partial charge in [-0.2, -0.15) is 0 Å². The van der Waals surface area contributed by atoms with Crippen molar-refractivity contribution < 1.29 is 14.7 Å². The Hall–Kier alpha value is -2.38. The predicted molar refractivity (Wildman–Crippen MR) is 64.5 cm³/mol. The smallest absolute Gasteiger partial charge is 0.305 e. The molecule has 8 nitrogen and oxygen atoms in total. The van der Waals surface area contributed by atoms with Crippen LogP contribution in [0.15, 0.2) is 6.33 Å². The van der Waals surface area contributed by atoms with E-state index in [0.29, 0.717) is 17.3 Å². The van der Waals surface area contributed by atoms with E-state index in [0.717, 1.165) is 0 Å². The summed E-state index contributed by atoms with van der Waals surface area (Å²) in [6.45, 7) is 1.95. The number of carbonyl (C=O) groups is 2. The average molecular weight is 251 g/mol. The fraction of sp³-hybridized carbons (Fsp3) is 0.400. The molecule has 8 heteroatoms. The van der Waals surface area contributed by atoms with Crippen molar-refractivity contribution in [2.75, 3.05) is 22.5 Å². The van der Waals surface area contributed by atoms with Crippen LogP contribution in [-0.4, -0.2) is 39.5 Å². The van der Waals surface area contributed by atoms with E-state index in [9.17, 15) is 9.59 Å². The lowest BCUT2D eigenvalue weighted by Gasteiger charge is -2.24. The molecule has 0 aliphatic carbocycles. The fourth-order valence-electron chi connectivity index (χ4n) is 1.54. The van der Waals surface area contributed by atoms with Crippen LogP contribution in [0.2, 0.25) is 0 Å². The topological polar surface area (TPSA) is 116 Å². The molecule has 1 aromatic rings. The van der Waals surface area contributed by atoms with Crippen LogP contribution in [0.5, 0.6) is 0 Å². The van der Waals surface area contributed by atoms with E-state index in [1.807, 2.05) is 0 Å². The van der Waals surface area contributed by atoms with Gasteiger partial charge in [0.2, 0.25) is 5.91 Å². The lowest BCUT2D eigenvalue weighted by molar-refractivity contribution is -0.136. The van der Waals surface area contributed by atoms with Crippen LogP contribution in [0.25, 0.3) is 0 Å². The van der Waals surface area contributed by atoms with Gasteiger partial charge in [0, 0.05) is 6.54 Å². The normalized spacial score (nSPS) is 17.4. The number of amides is 1. The van der Waals surface area contributed by atoms with E-state index in [1.165, 1.54) is 6.33 Å². The molecule has 18 heavy (non-hydrogen) atoms. The highest BCUT2D eigenvalue weighted by atomic mass is 16.4. The van der Waals surface area contributed by atoms with Gasteiger partial charge < -0.3 is 21.1 Å². The van der Waals surface area contributed by atoms with Gasteiger partial charge in [-0.25, -0.2) is 9.97 Å². The standard InChI is InChI=1S/C10H13N5O3/c1-5-10(18)15-7-8(11-3-2-6(16)17)12-4-13-9(7)14-5/h4-5H,2-3H2,1H3,(H,15,18)(H,16,17)(H2,11,12,13,14). The lowest BCUT2D eigenvalue weighted by atomic mass is 10.2.